The Morgan fingerprint density at radius 3 is 2.58 bits per heavy atom. The van der Waals surface area contributed by atoms with Crippen LogP contribution >= 0.6 is 0 Å². The molecular weight excluding hydrogens is 542 g/mol. The van der Waals surface area contributed by atoms with E-state index >= 15 is 0 Å². The molecule has 1 unspecified atom stereocenters. The fraction of sp³-hybridized carbons (Fsp3) is 0.429. The lowest BCUT2D eigenvalue weighted by molar-refractivity contribution is -0.149. The van der Waals surface area contributed by atoms with Gasteiger partial charge in [0, 0.05) is 36.0 Å². The first-order valence-corrected chi connectivity index (χ1v) is 15.3. The van der Waals surface area contributed by atoms with Crippen LogP contribution in [0.1, 0.15) is 78.8 Å². The van der Waals surface area contributed by atoms with Gasteiger partial charge < -0.3 is 19.7 Å². The predicted molar refractivity (Wildman–Crippen MR) is 167 cm³/mol. The molecule has 6 rings (SSSR count). The van der Waals surface area contributed by atoms with E-state index in [0.29, 0.717) is 64.8 Å². The van der Waals surface area contributed by atoms with Gasteiger partial charge in [0.1, 0.15) is 11.4 Å². The van der Waals surface area contributed by atoms with Crippen molar-refractivity contribution in [2.45, 2.75) is 53.1 Å². The van der Waals surface area contributed by atoms with Crippen LogP contribution in [0.2, 0.25) is 0 Å². The van der Waals surface area contributed by atoms with Gasteiger partial charge in [-0.2, -0.15) is 0 Å². The number of carbonyl (C=O) groups excluding carboxylic acids is 3. The summed E-state index contributed by atoms with van der Waals surface area (Å²) in [7, 11) is 0. The van der Waals surface area contributed by atoms with Gasteiger partial charge in [-0.25, -0.2) is 4.99 Å². The fourth-order valence-electron chi connectivity index (χ4n) is 6.37. The quantitative estimate of drug-likeness (QED) is 0.273. The maximum absolute atomic E-state index is 13.9. The van der Waals surface area contributed by atoms with Crippen LogP contribution in [-0.4, -0.2) is 67.0 Å². The van der Waals surface area contributed by atoms with Gasteiger partial charge in [0.15, 0.2) is 17.7 Å². The number of piperidine rings is 1. The Morgan fingerprint density at radius 1 is 1.12 bits per heavy atom. The van der Waals surface area contributed by atoms with Gasteiger partial charge in [0.25, 0.3) is 0 Å². The molecule has 43 heavy (non-hydrogen) atoms. The largest absolute Gasteiger partial charge is 0.478 e. The van der Waals surface area contributed by atoms with Crippen LogP contribution in [0.3, 0.4) is 0 Å². The summed E-state index contributed by atoms with van der Waals surface area (Å²) < 4.78 is 11.7. The lowest BCUT2D eigenvalue weighted by Crippen LogP contribution is -2.40. The number of esters is 1. The number of allylic oxidation sites excluding steroid dienone is 2. The Morgan fingerprint density at radius 2 is 1.86 bits per heavy atom. The monoisotopic (exact) mass is 581 g/mol. The van der Waals surface area contributed by atoms with Crippen molar-refractivity contribution in [3.63, 3.8) is 0 Å². The van der Waals surface area contributed by atoms with Crippen molar-refractivity contribution in [3.05, 3.63) is 76.4 Å². The summed E-state index contributed by atoms with van der Waals surface area (Å²) in [6.07, 6.45) is 8.33. The number of nitrogens with one attached hydrogen (secondary N) is 1. The zero-order valence-corrected chi connectivity index (χ0v) is 25.4. The standard InChI is InChI=1S/C35H39N3O5/c1-5-42-34(41)21-10-8-16-38(20-21)17-9-15-36-26-19-28-31(37-25-14-13-22(35(2,3)4)18-27(25)43-28)30-29(26)32(39)23-11-6-7-12-24(23)33(30)40/h6-7,11-14,18-19,21,27,36H,5,8-10,15-17,20H2,1-4H3/t21-,27?/m1/s1. The third-order valence-corrected chi connectivity index (χ3v) is 8.64. The van der Waals surface area contributed by atoms with E-state index in [9.17, 15) is 14.4 Å². The molecule has 2 heterocycles. The van der Waals surface area contributed by atoms with Crippen molar-refractivity contribution in [2.24, 2.45) is 16.3 Å². The number of nitrogens with zero attached hydrogens (tertiary/aromatic N) is 2. The van der Waals surface area contributed by atoms with Crippen molar-refractivity contribution in [1.82, 2.24) is 4.90 Å². The molecule has 0 aromatic heterocycles. The van der Waals surface area contributed by atoms with Gasteiger partial charge >= 0.3 is 5.97 Å². The van der Waals surface area contributed by atoms with Gasteiger partial charge in [-0.15, -0.1) is 0 Å². The molecule has 1 fully saturated rings. The van der Waals surface area contributed by atoms with Gasteiger partial charge in [-0.1, -0.05) is 51.1 Å². The summed E-state index contributed by atoms with van der Waals surface area (Å²) in [6.45, 7) is 11.7. The van der Waals surface area contributed by atoms with E-state index in [2.05, 4.69) is 37.1 Å². The molecule has 0 saturated carbocycles. The molecule has 2 aliphatic carbocycles. The molecule has 1 saturated heterocycles. The summed E-state index contributed by atoms with van der Waals surface area (Å²) in [4.78, 5) is 47.3. The van der Waals surface area contributed by atoms with E-state index in [1.165, 1.54) is 0 Å². The van der Waals surface area contributed by atoms with E-state index in [1.54, 1.807) is 24.3 Å². The van der Waals surface area contributed by atoms with Gasteiger partial charge in [-0.05, 0) is 62.4 Å². The van der Waals surface area contributed by atoms with E-state index in [0.717, 1.165) is 37.9 Å². The molecule has 2 aliphatic heterocycles. The summed E-state index contributed by atoms with van der Waals surface area (Å²) in [6, 6.07) is 8.79. The lowest BCUT2D eigenvalue weighted by atomic mass is 9.81. The maximum Gasteiger partial charge on any atom is 0.310 e. The number of anilines is 1. The maximum atomic E-state index is 13.9. The lowest BCUT2D eigenvalue weighted by Gasteiger charge is -2.32. The molecule has 2 aromatic rings. The van der Waals surface area contributed by atoms with E-state index in [-0.39, 0.29) is 35.0 Å². The molecule has 8 nitrogen and oxygen atoms in total. The molecule has 224 valence electrons. The second-order valence-electron chi connectivity index (χ2n) is 12.7. The van der Waals surface area contributed by atoms with Gasteiger partial charge in [0.2, 0.25) is 0 Å². The number of ether oxygens (including phenoxy) is 2. The van der Waals surface area contributed by atoms with E-state index < -0.39 is 0 Å². The number of benzene rings is 2. The number of rotatable bonds is 7. The van der Waals surface area contributed by atoms with Crippen molar-refractivity contribution in [3.8, 4) is 5.75 Å². The van der Waals surface area contributed by atoms with Crippen molar-refractivity contribution in [1.29, 1.82) is 0 Å². The summed E-state index contributed by atoms with van der Waals surface area (Å²) in [5, 5.41) is 3.45. The second kappa shape index (κ2) is 11.6. The van der Waals surface area contributed by atoms with Crippen molar-refractivity contribution < 1.29 is 23.9 Å². The Bertz CT molecular complexity index is 1580. The summed E-state index contributed by atoms with van der Waals surface area (Å²) in [5.74, 6) is -0.120. The van der Waals surface area contributed by atoms with Crippen LogP contribution in [0.25, 0.3) is 0 Å². The molecule has 0 amide bonds. The highest BCUT2D eigenvalue weighted by Gasteiger charge is 2.38. The second-order valence-corrected chi connectivity index (χ2v) is 12.7. The highest BCUT2D eigenvalue weighted by Crippen LogP contribution is 2.46. The Hall–Kier alpha value is -4.04. The number of hydrogen-bond donors (Lipinski definition) is 1. The highest BCUT2D eigenvalue weighted by atomic mass is 16.5. The molecule has 2 aromatic carbocycles. The van der Waals surface area contributed by atoms with Crippen LogP contribution in [0, 0.1) is 11.3 Å². The molecule has 2 atom stereocenters. The smallest absolute Gasteiger partial charge is 0.310 e. The predicted octanol–water partition coefficient (Wildman–Crippen LogP) is 5.91. The molecule has 1 N–H and O–H groups in total. The molecule has 0 radical (unpaired) electrons. The molecule has 0 bridgehead atoms. The SMILES string of the molecule is CCOC(=O)[C@@H]1CCCN(CCCNc2cc3c(c4c2C(=O)c2ccccc2C4=O)N=C2C=CC(C(C)(C)C)=CC2O3)C1. The van der Waals surface area contributed by atoms with Crippen LogP contribution < -0.4 is 10.1 Å². The van der Waals surface area contributed by atoms with Crippen molar-refractivity contribution >= 4 is 34.6 Å². The fourth-order valence-corrected chi connectivity index (χ4v) is 6.37. The third kappa shape index (κ3) is 5.56. The average Bonchev–Trinajstić information content (AvgIpc) is 3.00. The number of ketones is 2. The molecule has 4 aliphatic rings. The zero-order valence-electron chi connectivity index (χ0n) is 25.4. The number of likely N-dealkylation sites (tertiary alicyclic amines) is 1. The van der Waals surface area contributed by atoms with Gasteiger partial charge in [-0.3, -0.25) is 14.4 Å². The van der Waals surface area contributed by atoms with Crippen LogP contribution in [0.4, 0.5) is 11.4 Å². The number of carbonyl (C=O) groups is 3. The van der Waals surface area contributed by atoms with Crippen LogP contribution in [0.5, 0.6) is 5.75 Å². The number of hydrogen-bond acceptors (Lipinski definition) is 8. The van der Waals surface area contributed by atoms with Crippen molar-refractivity contribution in [2.75, 3.05) is 38.1 Å². The van der Waals surface area contributed by atoms with E-state index in [1.807, 2.05) is 25.1 Å². The number of aliphatic imine (C=N–C) groups is 1. The molecular formula is C35H39N3O5. The Labute approximate surface area is 252 Å². The molecule has 8 heteroatoms. The average molecular weight is 582 g/mol. The minimum Gasteiger partial charge on any atom is -0.478 e. The first-order chi connectivity index (χ1) is 20.7. The molecule has 0 spiro atoms. The summed E-state index contributed by atoms with van der Waals surface area (Å²) in [5.41, 5.74) is 4.23. The Kier molecular flexibility index (Phi) is 7.81. The Balaban J connectivity index is 1.28. The number of fused-ring (bicyclic) bond motifs is 5. The first-order valence-electron chi connectivity index (χ1n) is 15.3. The highest BCUT2D eigenvalue weighted by molar-refractivity contribution is 6.32. The summed E-state index contributed by atoms with van der Waals surface area (Å²) >= 11 is 0. The van der Waals surface area contributed by atoms with Crippen LogP contribution in [-0.2, 0) is 9.53 Å². The van der Waals surface area contributed by atoms with E-state index in [4.69, 9.17) is 14.5 Å². The third-order valence-electron chi connectivity index (χ3n) is 8.64. The normalized spacial score (nSPS) is 21.0. The minimum atomic E-state index is -0.370. The topological polar surface area (TPSA) is 97.3 Å². The first kappa shape index (κ1) is 29.1. The van der Waals surface area contributed by atoms with Crippen LogP contribution in [0.15, 0.2) is 59.1 Å². The minimum absolute atomic E-state index is 0.0506. The van der Waals surface area contributed by atoms with Gasteiger partial charge in [0.05, 0.1) is 29.4 Å². The zero-order chi connectivity index (χ0) is 30.3.